The summed E-state index contributed by atoms with van der Waals surface area (Å²) in [5.41, 5.74) is 2.10. The quantitative estimate of drug-likeness (QED) is 0.520. The van der Waals surface area contributed by atoms with Crippen LogP contribution in [0.3, 0.4) is 0 Å². The van der Waals surface area contributed by atoms with E-state index in [-0.39, 0.29) is 6.61 Å². The Labute approximate surface area is 177 Å². The summed E-state index contributed by atoms with van der Waals surface area (Å²) in [5.74, 6) is -1.17. The van der Waals surface area contributed by atoms with E-state index in [9.17, 15) is 14.3 Å². The second-order valence-corrected chi connectivity index (χ2v) is 7.85. The van der Waals surface area contributed by atoms with E-state index in [1.165, 1.54) is 12.1 Å². The number of carbonyl (C=O) groups is 1. The fourth-order valence-corrected chi connectivity index (χ4v) is 4.29. The maximum Gasteiger partial charge on any atom is 0.314 e. The number of ether oxygens (including phenoxy) is 2. The van der Waals surface area contributed by atoms with Crippen molar-refractivity contribution in [2.24, 2.45) is 0 Å². The maximum atomic E-state index is 14.4. The maximum absolute atomic E-state index is 14.4. The lowest BCUT2D eigenvalue weighted by Crippen LogP contribution is -2.41. The molecular formula is C24H21FN2O4. The first kappa shape index (κ1) is 19.5. The lowest BCUT2D eigenvalue weighted by molar-refractivity contribution is -0.147. The van der Waals surface area contributed by atoms with Gasteiger partial charge in [0.2, 0.25) is 0 Å². The van der Waals surface area contributed by atoms with E-state index in [0.29, 0.717) is 37.4 Å². The third-order valence-electron chi connectivity index (χ3n) is 6.02. The van der Waals surface area contributed by atoms with Gasteiger partial charge in [-0.3, -0.25) is 9.20 Å². The van der Waals surface area contributed by atoms with Gasteiger partial charge in [-0.25, -0.2) is 9.37 Å². The Hall–Kier alpha value is -3.45. The molecule has 0 spiro atoms. The van der Waals surface area contributed by atoms with Crippen molar-refractivity contribution in [2.75, 3.05) is 13.2 Å². The highest BCUT2D eigenvalue weighted by Gasteiger charge is 2.42. The molecule has 4 aromatic rings. The predicted molar refractivity (Wildman–Crippen MR) is 113 cm³/mol. The zero-order valence-corrected chi connectivity index (χ0v) is 16.8. The van der Waals surface area contributed by atoms with Crippen molar-refractivity contribution < 1.29 is 23.8 Å². The van der Waals surface area contributed by atoms with Crippen LogP contribution in [0.1, 0.15) is 24.0 Å². The Morgan fingerprint density at radius 2 is 2.00 bits per heavy atom. The number of halogens is 1. The van der Waals surface area contributed by atoms with Gasteiger partial charge in [-0.2, -0.15) is 0 Å². The monoisotopic (exact) mass is 420 g/mol. The molecule has 31 heavy (non-hydrogen) atoms. The highest BCUT2D eigenvalue weighted by molar-refractivity contribution is 5.83. The van der Waals surface area contributed by atoms with Gasteiger partial charge in [-0.1, -0.05) is 6.07 Å². The molecule has 0 atom stereocenters. The van der Waals surface area contributed by atoms with Gasteiger partial charge < -0.3 is 14.6 Å². The number of nitrogens with zero attached hydrogens (tertiary/aromatic N) is 2. The van der Waals surface area contributed by atoms with Gasteiger partial charge >= 0.3 is 5.97 Å². The van der Waals surface area contributed by atoms with Gasteiger partial charge in [0.05, 0.1) is 10.9 Å². The van der Waals surface area contributed by atoms with Crippen LogP contribution in [-0.4, -0.2) is 33.7 Å². The van der Waals surface area contributed by atoms with E-state index in [4.69, 9.17) is 9.47 Å². The number of carboxylic acids is 1. The Kier molecular flexibility index (Phi) is 4.82. The number of pyridine rings is 1. The molecule has 3 heterocycles. The van der Waals surface area contributed by atoms with Gasteiger partial charge in [0, 0.05) is 31.7 Å². The standard InChI is InChI=1S/C24H21FN2O4/c25-19-12-18(24(23(28)29)5-9-30-10-6-24)13-20(14-19)31-15-16-1-3-21-17(11-16)2-4-22-26-7-8-27(21)22/h1-4,7-8,11-14H,5-6,9-10,15H2,(H,28,29). The van der Waals surface area contributed by atoms with Crippen molar-refractivity contribution in [1.29, 1.82) is 0 Å². The number of benzene rings is 2. The second-order valence-electron chi connectivity index (χ2n) is 7.85. The van der Waals surface area contributed by atoms with Crippen LogP contribution in [0.2, 0.25) is 0 Å². The average molecular weight is 420 g/mol. The second kappa shape index (κ2) is 7.67. The van der Waals surface area contributed by atoms with Crippen LogP contribution in [-0.2, 0) is 21.6 Å². The van der Waals surface area contributed by atoms with Gasteiger partial charge in [-0.15, -0.1) is 0 Å². The molecule has 1 N–H and O–H groups in total. The summed E-state index contributed by atoms with van der Waals surface area (Å²) in [6.45, 7) is 0.907. The first-order valence-electron chi connectivity index (χ1n) is 10.1. The van der Waals surface area contributed by atoms with Gasteiger partial charge in [-0.05, 0) is 65.8 Å². The summed E-state index contributed by atoms with van der Waals surface area (Å²) in [5, 5.41) is 10.9. The van der Waals surface area contributed by atoms with Gasteiger partial charge in [0.1, 0.15) is 23.8 Å². The van der Waals surface area contributed by atoms with E-state index < -0.39 is 17.2 Å². The fourth-order valence-electron chi connectivity index (χ4n) is 4.29. The minimum Gasteiger partial charge on any atom is -0.489 e. The van der Waals surface area contributed by atoms with Crippen molar-refractivity contribution >= 4 is 22.5 Å². The molecule has 2 aromatic heterocycles. The summed E-state index contributed by atoms with van der Waals surface area (Å²) in [7, 11) is 0. The minimum absolute atomic E-state index is 0.240. The van der Waals surface area contributed by atoms with Crippen LogP contribution >= 0.6 is 0 Å². The molecule has 0 saturated carbocycles. The summed E-state index contributed by atoms with van der Waals surface area (Å²) in [4.78, 5) is 16.3. The Balaban J connectivity index is 1.41. The van der Waals surface area contributed by atoms with E-state index in [1.54, 1.807) is 12.3 Å². The molecule has 5 rings (SSSR count). The van der Waals surface area contributed by atoms with Crippen LogP contribution in [0.4, 0.5) is 4.39 Å². The topological polar surface area (TPSA) is 73.1 Å². The lowest BCUT2D eigenvalue weighted by atomic mass is 9.74. The molecule has 0 amide bonds. The molecule has 1 aliphatic rings. The van der Waals surface area contributed by atoms with Crippen molar-refractivity contribution in [1.82, 2.24) is 9.38 Å². The third kappa shape index (κ3) is 3.51. The third-order valence-corrected chi connectivity index (χ3v) is 6.02. The molecule has 158 valence electrons. The molecule has 6 nitrogen and oxygen atoms in total. The zero-order chi connectivity index (χ0) is 21.4. The van der Waals surface area contributed by atoms with Crippen molar-refractivity contribution in [3.8, 4) is 5.75 Å². The largest absolute Gasteiger partial charge is 0.489 e. The molecule has 1 saturated heterocycles. The van der Waals surface area contributed by atoms with Crippen molar-refractivity contribution in [3.63, 3.8) is 0 Å². The van der Waals surface area contributed by atoms with E-state index >= 15 is 0 Å². The minimum atomic E-state index is -1.16. The molecule has 0 radical (unpaired) electrons. The molecule has 0 unspecified atom stereocenters. The first-order chi connectivity index (χ1) is 15.0. The molecule has 7 heteroatoms. The number of hydrogen-bond acceptors (Lipinski definition) is 4. The van der Waals surface area contributed by atoms with E-state index in [0.717, 1.165) is 22.1 Å². The summed E-state index contributed by atoms with van der Waals surface area (Å²) >= 11 is 0. The Morgan fingerprint density at radius 3 is 2.81 bits per heavy atom. The predicted octanol–water partition coefficient (Wildman–Crippen LogP) is 4.34. The number of aliphatic carboxylic acids is 1. The normalized spacial score (nSPS) is 15.9. The van der Waals surface area contributed by atoms with E-state index in [1.807, 2.05) is 40.9 Å². The van der Waals surface area contributed by atoms with Gasteiger partial charge in [0.25, 0.3) is 0 Å². The average Bonchev–Trinajstić information content (AvgIpc) is 3.27. The van der Waals surface area contributed by atoms with E-state index in [2.05, 4.69) is 4.98 Å². The molecular weight excluding hydrogens is 399 g/mol. The molecule has 2 aromatic carbocycles. The van der Waals surface area contributed by atoms with Crippen molar-refractivity contribution in [3.05, 3.63) is 77.9 Å². The number of rotatable bonds is 5. The summed E-state index contributed by atoms with van der Waals surface area (Å²) in [6.07, 6.45) is 4.28. The van der Waals surface area contributed by atoms with Gasteiger partial charge in [0.15, 0.2) is 0 Å². The van der Waals surface area contributed by atoms with Crippen LogP contribution in [0.15, 0.2) is 60.9 Å². The molecule has 1 aliphatic heterocycles. The summed E-state index contributed by atoms with van der Waals surface area (Å²) in [6, 6.07) is 14.1. The molecule has 0 aliphatic carbocycles. The summed E-state index contributed by atoms with van der Waals surface area (Å²) < 4.78 is 27.6. The zero-order valence-electron chi connectivity index (χ0n) is 16.8. The van der Waals surface area contributed by atoms with Crippen LogP contribution in [0.5, 0.6) is 5.75 Å². The number of fused-ring (bicyclic) bond motifs is 3. The Morgan fingerprint density at radius 1 is 1.16 bits per heavy atom. The lowest BCUT2D eigenvalue weighted by Gasteiger charge is -2.33. The highest BCUT2D eigenvalue weighted by atomic mass is 19.1. The van der Waals surface area contributed by atoms with Crippen molar-refractivity contribution in [2.45, 2.75) is 24.9 Å². The molecule has 0 bridgehead atoms. The fraction of sp³-hybridized carbons (Fsp3) is 0.250. The number of aromatic nitrogens is 2. The Bertz CT molecular complexity index is 1280. The molecule has 1 fully saturated rings. The van der Waals surface area contributed by atoms with Crippen LogP contribution < -0.4 is 4.74 Å². The highest BCUT2D eigenvalue weighted by Crippen LogP contribution is 2.37. The number of hydrogen-bond donors (Lipinski definition) is 1. The van der Waals surface area contributed by atoms with Crippen LogP contribution in [0.25, 0.3) is 16.6 Å². The first-order valence-corrected chi connectivity index (χ1v) is 10.1. The SMILES string of the molecule is O=C(O)C1(c2cc(F)cc(OCc3ccc4c(ccc5nccn54)c3)c2)CCOCC1. The number of imidazole rings is 1. The van der Waals surface area contributed by atoms with Crippen LogP contribution in [0, 0.1) is 5.82 Å². The number of carboxylic acid groups (broad SMARTS) is 1. The smallest absolute Gasteiger partial charge is 0.314 e.